The minimum absolute atomic E-state index is 0.271. The molecule has 3 aromatic carbocycles. The number of tetrazole rings is 1. The van der Waals surface area contributed by atoms with Gasteiger partial charge in [0.1, 0.15) is 0 Å². The molecule has 0 fully saturated rings. The lowest BCUT2D eigenvalue weighted by Crippen LogP contribution is -2.39. The number of H-pyrrole nitrogens is 1. The molecule has 1 unspecified atom stereocenters. The summed E-state index contributed by atoms with van der Waals surface area (Å²) >= 11 is 0. The summed E-state index contributed by atoms with van der Waals surface area (Å²) in [5.74, 6) is -0.328. The van der Waals surface area contributed by atoms with E-state index in [1.165, 1.54) is 0 Å². The summed E-state index contributed by atoms with van der Waals surface area (Å²) in [6.45, 7) is 2.84. The fourth-order valence-corrected chi connectivity index (χ4v) is 4.76. The number of hydrazine groups is 1. The van der Waals surface area contributed by atoms with Crippen molar-refractivity contribution in [2.45, 2.75) is 32.2 Å². The normalized spacial score (nSPS) is 15.5. The number of rotatable bonds is 9. The van der Waals surface area contributed by atoms with Gasteiger partial charge in [0.15, 0.2) is 0 Å². The van der Waals surface area contributed by atoms with Crippen molar-refractivity contribution in [2.24, 2.45) is 0 Å². The Morgan fingerprint density at radius 3 is 2.33 bits per heavy atom. The molecule has 0 aliphatic carbocycles. The smallest absolute Gasteiger partial charge is 0.335 e. The number of carboxylic acid groups (broad SMARTS) is 1. The first-order chi connectivity index (χ1) is 17.6. The van der Waals surface area contributed by atoms with Crippen LogP contribution < -0.4 is 5.43 Å². The number of carbonyl (C=O) groups is 1. The van der Waals surface area contributed by atoms with Gasteiger partial charge >= 0.3 is 5.97 Å². The third kappa shape index (κ3) is 4.89. The van der Waals surface area contributed by atoms with E-state index in [2.05, 4.69) is 57.2 Å². The molecule has 36 heavy (non-hydrogen) atoms. The number of hydrogen-bond donors (Lipinski definition) is 3. The second-order valence-electron chi connectivity index (χ2n) is 8.84. The van der Waals surface area contributed by atoms with E-state index < -0.39 is 5.97 Å². The van der Waals surface area contributed by atoms with Gasteiger partial charge in [-0.3, -0.25) is 0 Å². The average molecular weight is 481 g/mol. The van der Waals surface area contributed by atoms with E-state index in [-0.39, 0.29) is 6.04 Å². The van der Waals surface area contributed by atoms with Crippen LogP contribution in [0.15, 0.2) is 90.1 Å². The quantitative estimate of drug-likeness (QED) is 0.329. The molecule has 1 atom stereocenters. The number of aromatic nitrogens is 4. The van der Waals surface area contributed by atoms with Gasteiger partial charge in [-0.2, -0.15) is 5.21 Å². The Morgan fingerprint density at radius 1 is 0.944 bits per heavy atom. The van der Waals surface area contributed by atoms with Crippen molar-refractivity contribution in [1.29, 1.82) is 0 Å². The van der Waals surface area contributed by atoms with Gasteiger partial charge in [0.05, 0.1) is 11.6 Å². The summed E-state index contributed by atoms with van der Waals surface area (Å²) in [7, 11) is 0. The van der Waals surface area contributed by atoms with Crippen molar-refractivity contribution in [3.63, 3.8) is 0 Å². The Bertz CT molecular complexity index is 1350. The standard InChI is InChI=1S/C28H28N6O2/c1-2-16-34-25(26(28(35)36)24(31-34)17-19-8-4-3-5-9-19)18-20-12-14-21(15-13-20)22-10-6-7-11-23(22)27-29-32-33-30-27/h3-15,24,31H,2,16-18H2,1H3,(H,35,36)(H,29,30,32,33). The van der Waals surface area contributed by atoms with Crippen LogP contribution in [0.2, 0.25) is 0 Å². The van der Waals surface area contributed by atoms with Crippen LogP contribution in [0.3, 0.4) is 0 Å². The Morgan fingerprint density at radius 2 is 1.67 bits per heavy atom. The molecule has 0 spiro atoms. The molecule has 4 aromatic rings. The first-order valence-corrected chi connectivity index (χ1v) is 12.1. The Hall–Kier alpha value is -4.30. The fraction of sp³-hybridized carbons (Fsp3) is 0.214. The highest BCUT2D eigenvalue weighted by molar-refractivity contribution is 5.89. The predicted molar refractivity (Wildman–Crippen MR) is 137 cm³/mol. The zero-order chi connectivity index (χ0) is 24.9. The minimum Gasteiger partial charge on any atom is -0.478 e. The zero-order valence-electron chi connectivity index (χ0n) is 20.1. The van der Waals surface area contributed by atoms with Crippen LogP contribution in [-0.2, 0) is 17.6 Å². The molecule has 8 heteroatoms. The van der Waals surface area contributed by atoms with Crippen LogP contribution >= 0.6 is 0 Å². The van der Waals surface area contributed by atoms with Gasteiger partial charge in [0, 0.05) is 24.2 Å². The van der Waals surface area contributed by atoms with Gasteiger partial charge in [0.25, 0.3) is 0 Å². The van der Waals surface area contributed by atoms with Crippen LogP contribution in [0.4, 0.5) is 0 Å². The van der Waals surface area contributed by atoms with Crippen molar-refractivity contribution in [3.8, 4) is 22.5 Å². The number of carboxylic acids is 1. The molecule has 5 rings (SSSR count). The van der Waals surface area contributed by atoms with E-state index >= 15 is 0 Å². The van der Waals surface area contributed by atoms with Crippen molar-refractivity contribution in [3.05, 3.63) is 101 Å². The summed E-state index contributed by atoms with van der Waals surface area (Å²) < 4.78 is 0. The first-order valence-electron chi connectivity index (χ1n) is 12.1. The number of hydrogen-bond acceptors (Lipinski definition) is 6. The Labute approximate surface area is 209 Å². The second-order valence-corrected chi connectivity index (χ2v) is 8.84. The molecule has 0 saturated heterocycles. The molecular formula is C28H28N6O2. The molecule has 1 aliphatic heterocycles. The van der Waals surface area contributed by atoms with Crippen molar-refractivity contribution >= 4 is 5.97 Å². The number of nitrogens with zero attached hydrogens (tertiary/aromatic N) is 4. The fourth-order valence-electron chi connectivity index (χ4n) is 4.76. The molecule has 8 nitrogen and oxygen atoms in total. The predicted octanol–water partition coefficient (Wildman–Crippen LogP) is 4.26. The summed E-state index contributed by atoms with van der Waals surface area (Å²) in [6.07, 6.45) is 2.07. The van der Waals surface area contributed by atoms with Crippen LogP contribution in [-0.4, -0.2) is 49.3 Å². The summed E-state index contributed by atoms with van der Waals surface area (Å²) in [5.41, 5.74) is 9.82. The SMILES string of the molecule is CCCN1NC(Cc2ccccc2)C(C(=O)O)=C1Cc1ccc(-c2ccccc2-c2nn[nH]n2)cc1. The summed E-state index contributed by atoms with van der Waals surface area (Å²) in [5, 5.41) is 26.6. The topological polar surface area (TPSA) is 107 Å². The maximum Gasteiger partial charge on any atom is 0.335 e. The molecule has 3 N–H and O–H groups in total. The second kappa shape index (κ2) is 10.5. The van der Waals surface area contributed by atoms with Gasteiger partial charge in [-0.25, -0.2) is 10.2 Å². The maximum atomic E-state index is 12.4. The third-order valence-electron chi connectivity index (χ3n) is 6.41. The highest BCUT2D eigenvalue weighted by Crippen LogP contribution is 2.31. The number of aliphatic carboxylic acids is 1. The van der Waals surface area contributed by atoms with E-state index in [1.807, 2.05) is 59.6 Å². The highest BCUT2D eigenvalue weighted by atomic mass is 16.4. The Balaban J connectivity index is 1.43. The molecule has 0 bridgehead atoms. The van der Waals surface area contributed by atoms with Gasteiger partial charge in [-0.05, 0) is 40.3 Å². The summed E-state index contributed by atoms with van der Waals surface area (Å²) in [4.78, 5) is 12.4. The lowest BCUT2D eigenvalue weighted by atomic mass is 9.95. The lowest BCUT2D eigenvalue weighted by Gasteiger charge is -2.23. The first kappa shape index (κ1) is 23.4. The van der Waals surface area contributed by atoms with Crippen LogP contribution in [0, 0.1) is 0 Å². The van der Waals surface area contributed by atoms with Crippen molar-refractivity contribution in [2.75, 3.05) is 6.54 Å². The van der Waals surface area contributed by atoms with E-state index in [0.29, 0.717) is 24.2 Å². The molecule has 0 radical (unpaired) electrons. The zero-order valence-corrected chi connectivity index (χ0v) is 20.1. The molecular weight excluding hydrogens is 452 g/mol. The summed E-state index contributed by atoms with van der Waals surface area (Å²) in [6, 6.07) is 25.9. The van der Waals surface area contributed by atoms with Gasteiger partial charge in [-0.1, -0.05) is 85.8 Å². The monoisotopic (exact) mass is 480 g/mol. The molecule has 2 heterocycles. The van der Waals surface area contributed by atoms with E-state index in [9.17, 15) is 9.90 Å². The lowest BCUT2D eigenvalue weighted by molar-refractivity contribution is -0.132. The largest absolute Gasteiger partial charge is 0.478 e. The number of nitrogens with one attached hydrogen (secondary N) is 2. The number of benzene rings is 3. The minimum atomic E-state index is -0.873. The molecule has 182 valence electrons. The number of allylic oxidation sites excluding steroid dienone is 1. The van der Waals surface area contributed by atoms with Crippen molar-refractivity contribution in [1.82, 2.24) is 31.1 Å². The van der Waals surface area contributed by atoms with E-state index in [4.69, 9.17) is 0 Å². The maximum absolute atomic E-state index is 12.4. The van der Waals surface area contributed by atoms with E-state index in [0.717, 1.165) is 46.5 Å². The van der Waals surface area contributed by atoms with Crippen LogP contribution in [0.1, 0.15) is 24.5 Å². The van der Waals surface area contributed by atoms with Gasteiger partial charge in [0.2, 0.25) is 5.82 Å². The van der Waals surface area contributed by atoms with Crippen LogP contribution in [0.5, 0.6) is 0 Å². The molecule has 0 saturated carbocycles. The highest BCUT2D eigenvalue weighted by Gasteiger charge is 2.34. The van der Waals surface area contributed by atoms with Gasteiger partial charge in [-0.15, -0.1) is 10.2 Å². The Kier molecular flexibility index (Phi) is 6.86. The molecule has 1 aliphatic rings. The average Bonchev–Trinajstić information content (AvgIpc) is 3.54. The van der Waals surface area contributed by atoms with Crippen molar-refractivity contribution < 1.29 is 9.90 Å². The van der Waals surface area contributed by atoms with E-state index in [1.54, 1.807) is 0 Å². The van der Waals surface area contributed by atoms with Gasteiger partial charge < -0.3 is 10.1 Å². The van der Waals surface area contributed by atoms with Crippen LogP contribution in [0.25, 0.3) is 22.5 Å². The third-order valence-corrected chi connectivity index (χ3v) is 6.41. The molecule has 1 aromatic heterocycles. The number of aromatic amines is 1. The molecule has 0 amide bonds.